The van der Waals surface area contributed by atoms with Gasteiger partial charge >= 0.3 is 30.4 Å². The van der Waals surface area contributed by atoms with Gasteiger partial charge in [-0.15, -0.1) is 0 Å². The Labute approximate surface area is 572 Å². The lowest BCUT2D eigenvalue weighted by molar-refractivity contribution is -0.138. The van der Waals surface area contributed by atoms with Crippen molar-refractivity contribution in [3.8, 4) is 18.2 Å². The highest BCUT2D eigenvalue weighted by Gasteiger charge is 2.49. The van der Waals surface area contributed by atoms with Gasteiger partial charge in [0.15, 0.2) is 27.2 Å². The van der Waals surface area contributed by atoms with Gasteiger partial charge < -0.3 is 15.1 Å². The molecule has 2 unspecified atom stereocenters. The van der Waals surface area contributed by atoms with Crippen molar-refractivity contribution in [2.75, 3.05) is 46.6 Å². The number of amides is 6. The highest BCUT2D eigenvalue weighted by Crippen LogP contribution is 2.49. The van der Waals surface area contributed by atoms with Crippen LogP contribution in [0, 0.1) is 34.0 Å². The number of hydrogen-bond donors (Lipinski definition) is 1. The number of anilines is 3. The van der Waals surface area contributed by atoms with E-state index < -0.39 is 97.6 Å². The number of alkyl halides is 8. The number of rotatable bonds is 12. The first kappa shape index (κ1) is 72.3. The Kier molecular flexibility index (Phi) is 20.5. The molecule has 0 spiro atoms. The Hall–Kier alpha value is -10.5. The number of hydrogen-bond acceptors (Lipinski definition) is 13. The first-order valence-corrected chi connectivity index (χ1v) is 35.2. The average molecular weight is 1430 g/mol. The maximum Gasteiger partial charge on any atom is 0.416 e. The van der Waals surface area contributed by atoms with Crippen LogP contribution in [0.25, 0.3) is 0 Å². The van der Waals surface area contributed by atoms with Crippen LogP contribution in [0.15, 0.2) is 176 Å². The summed E-state index contributed by atoms with van der Waals surface area (Å²) in [7, 11) is -3.88. The van der Waals surface area contributed by atoms with E-state index in [-0.39, 0.29) is 123 Å². The summed E-state index contributed by atoms with van der Waals surface area (Å²) < 4.78 is 157. The van der Waals surface area contributed by atoms with E-state index in [1.165, 1.54) is 133 Å². The summed E-state index contributed by atoms with van der Waals surface area (Å²) in [5.41, 5.74) is 1.77. The molecule has 6 amide bonds. The minimum atomic E-state index is -4.59. The molecule has 30 heteroatoms. The van der Waals surface area contributed by atoms with E-state index >= 15 is 0 Å². The molecule has 6 aromatic carbocycles. The molecule has 0 bridgehead atoms. The Bertz CT molecular complexity index is 4880. The number of ketones is 3. The molecule has 0 fully saturated rings. The number of nitrogens with one attached hydrogen (secondary N) is 1. The fourth-order valence-electron chi connectivity index (χ4n) is 12.9. The predicted octanol–water partition coefficient (Wildman–Crippen LogP) is 13.7. The molecule has 0 radical (unpaired) electrons. The highest BCUT2D eigenvalue weighted by molar-refractivity contribution is 7.91. The van der Waals surface area contributed by atoms with Gasteiger partial charge in [0.25, 0.3) is 6.43 Å². The smallest absolute Gasteiger partial charge is 0.326 e. The first-order valence-electron chi connectivity index (χ1n) is 30.6. The summed E-state index contributed by atoms with van der Waals surface area (Å²) in [4.78, 5) is 85.4. The molecule has 0 saturated heterocycles. The summed E-state index contributed by atoms with van der Waals surface area (Å²) >= 11 is 0. The van der Waals surface area contributed by atoms with Crippen LogP contribution in [0.4, 0.5) is 66.6 Å². The SMILES string of the molecule is CCS(=O)(=O)c1cc(C#N)ccc1[C@H]1NC(=O)N(c2cccc(C(F)F)c2)C2=C1C(=O)CC2.CCS(=O)c1cc(C#N)ccc1[C@@H]1C2=C(CCC2=O)N(c2cccc(C(F)(F)F)c2)C(=O)N1C.CN1C(=O)N(c2cccc(C(F)(F)F)c2)C2=C(C(=O)CC2)[C@H]1c1ccc(C#N)cc1S(C)=O. The normalized spacial score (nSPS) is 19.1. The zero-order valence-electron chi connectivity index (χ0n) is 53.5. The molecule has 3 heterocycles. The second kappa shape index (κ2) is 28.4. The van der Waals surface area contributed by atoms with Crippen LogP contribution in [0.5, 0.6) is 0 Å². The van der Waals surface area contributed by atoms with E-state index in [2.05, 4.69) is 5.32 Å². The van der Waals surface area contributed by atoms with E-state index in [0.717, 1.165) is 34.1 Å². The third kappa shape index (κ3) is 13.7. The van der Waals surface area contributed by atoms with Crippen LogP contribution in [-0.4, -0.2) is 93.9 Å². The van der Waals surface area contributed by atoms with Gasteiger partial charge in [0.1, 0.15) is 0 Å². The van der Waals surface area contributed by atoms with Gasteiger partial charge in [-0.2, -0.15) is 42.1 Å². The molecular formula is C70H57F8N9O10S3. The lowest BCUT2D eigenvalue weighted by Crippen LogP contribution is -2.48. The van der Waals surface area contributed by atoms with Gasteiger partial charge in [-0.1, -0.05) is 56.3 Å². The monoisotopic (exact) mass is 1430 g/mol. The van der Waals surface area contributed by atoms with Crippen molar-refractivity contribution in [3.05, 3.63) is 211 Å². The topological polar surface area (TPSA) is 270 Å². The van der Waals surface area contributed by atoms with Crippen molar-refractivity contribution in [3.63, 3.8) is 0 Å². The second-order valence-electron chi connectivity index (χ2n) is 23.4. The number of carbonyl (C=O) groups excluding carboxylic acids is 6. The molecule has 0 saturated carbocycles. The van der Waals surface area contributed by atoms with E-state index in [4.69, 9.17) is 0 Å². The first-order chi connectivity index (χ1) is 47.3. The van der Waals surface area contributed by atoms with Crippen LogP contribution in [-0.2, 0) is 58.2 Å². The van der Waals surface area contributed by atoms with E-state index in [1.807, 2.05) is 18.2 Å². The van der Waals surface area contributed by atoms with Crippen molar-refractivity contribution in [1.82, 2.24) is 15.1 Å². The van der Waals surface area contributed by atoms with Crippen molar-refractivity contribution in [2.24, 2.45) is 0 Å². The van der Waals surface area contributed by atoms with Gasteiger partial charge in [0.05, 0.1) is 113 Å². The summed E-state index contributed by atoms with van der Waals surface area (Å²) in [6.07, 6.45) is -9.54. The lowest BCUT2D eigenvalue weighted by atomic mass is 9.92. The molecular weight excluding hydrogens is 1380 g/mol. The summed E-state index contributed by atoms with van der Waals surface area (Å²) in [5.74, 6) is -0.698. The van der Waals surface area contributed by atoms with Gasteiger partial charge in [0, 0.05) is 94.5 Å². The molecule has 12 rings (SSSR count). The van der Waals surface area contributed by atoms with E-state index in [1.54, 1.807) is 19.1 Å². The quantitative estimate of drug-likeness (QED) is 0.112. The number of urea groups is 3. The molecule has 19 nitrogen and oxygen atoms in total. The van der Waals surface area contributed by atoms with Gasteiger partial charge in [0.2, 0.25) is 0 Å². The Morgan fingerprint density at radius 2 is 0.950 bits per heavy atom. The zero-order chi connectivity index (χ0) is 72.8. The van der Waals surface area contributed by atoms with Crippen molar-refractivity contribution in [1.29, 1.82) is 15.8 Å². The number of halogens is 8. The van der Waals surface area contributed by atoms with E-state index in [0.29, 0.717) is 49.1 Å². The molecule has 3 aliphatic heterocycles. The number of nitrogens with zero attached hydrogens (tertiary/aromatic N) is 8. The van der Waals surface area contributed by atoms with Gasteiger partial charge in [-0.05, 0) is 121 Å². The molecule has 0 aromatic heterocycles. The largest absolute Gasteiger partial charge is 0.416 e. The Morgan fingerprint density at radius 1 is 0.540 bits per heavy atom. The van der Waals surface area contributed by atoms with Crippen molar-refractivity contribution in [2.45, 2.75) is 104 Å². The van der Waals surface area contributed by atoms with Gasteiger partial charge in [-0.3, -0.25) is 37.5 Å². The van der Waals surface area contributed by atoms with Crippen LogP contribution in [0.2, 0.25) is 0 Å². The number of sulfone groups is 1. The molecule has 1 N–H and O–H groups in total. The van der Waals surface area contributed by atoms with Gasteiger partial charge in [-0.25, -0.2) is 31.6 Å². The molecule has 5 atom stereocenters. The fraction of sp³-hybridized carbons (Fsp3) is 0.271. The van der Waals surface area contributed by atoms with Crippen LogP contribution in [0.1, 0.15) is 127 Å². The van der Waals surface area contributed by atoms with E-state index in [9.17, 15) is 96.5 Å². The maximum absolute atomic E-state index is 13.5. The standard InChI is InChI=1S/C24H20F3N3O3S.C23H18F3N3O3S.C23H19F2N3O4S/c1-3-34(33)20-11-14(13-28)7-8-17(20)22-21-18(9-10-19(21)31)30(23(32)29(22)2)16-6-4-5-15(12-16)24(25,26)27;1-28-21(16-7-6-13(12-27)10-19(16)33(2)32)20-17(8-9-18(20)30)29(22(28)31)15-5-3-4-14(11-15)23(24,25)26;1-2-33(31,32)19-10-13(12-26)6-7-16(19)21-20-17(8-9-18(20)29)28(23(30)27-21)15-5-3-4-14(11-15)22(24)25/h4-8,11-12,22H,3,9-10H2,1-2H3;3-7,10-11,21H,8-9H2,1-2H3;3-7,10-11,21-22H,2,8-9H2,1H3,(H,27,30)/t22-,34?;21-,33?;21-/m111/s1. The van der Waals surface area contributed by atoms with Crippen LogP contribution >= 0.6 is 0 Å². The minimum Gasteiger partial charge on any atom is -0.326 e. The van der Waals surface area contributed by atoms with Crippen LogP contribution in [0.3, 0.4) is 0 Å². The van der Waals surface area contributed by atoms with Crippen molar-refractivity contribution >= 4 is 83.9 Å². The summed E-state index contributed by atoms with van der Waals surface area (Å²) in [5, 5.41) is 30.4. The Balaban J connectivity index is 0.000000162. The Morgan fingerprint density at radius 3 is 1.38 bits per heavy atom. The number of allylic oxidation sites excluding steroid dienone is 3. The van der Waals surface area contributed by atoms with Crippen molar-refractivity contribution < 1.29 is 80.7 Å². The number of benzene rings is 6. The molecule has 6 aliphatic rings. The maximum atomic E-state index is 13.5. The average Bonchev–Trinajstić information content (AvgIpc) is 1.45. The molecule has 100 heavy (non-hydrogen) atoms. The molecule has 6 aromatic rings. The minimum absolute atomic E-state index is 0.0152. The number of Topliss-reactive ketones (excluding diaryl/α,β-unsaturated/α-hetero) is 3. The van der Waals surface area contributed by atoms with Crippen LogP contribution < -0.4 is 20.0 Å². The fourth-order valence-corrected chi connectivity index (χ4v) is 15.9. The lowest BCUT2D eigenvalue weighted by Gasteiger charge is -2.41. The number of nitriles is 3. The highest BCUT2D eigenvalue weighted by atomic mass is 32.2. The predicted molar refractivity (Wildman–Crippen MR) is 349 cm³/mol. The summed E-state index contributed by atoms with van der Waals surface area (Å²) in [6, 6.07) is 28.6. The number of carbonyl (C=O) groups is 6. The third-order valence-corrected chi connectivity index (χ3v) is 21.7. The summed E-state index contributed by atoms with van der Waals surface area (Å²) in [6.45, 7) is 3.18. The third-order valence-electron chi connectivity index (χ3n) is 17.6. The molecule has 516 valence electrons. The zero-order valence-corrected chi connectivity index (χ0v) is 55.9. The second-order valence-corrected chi connectivity index (χ2v) is 28.7. The molecule has 3 aliphatic carbocycles. The number of likely N-dealkylation sites (N-methyl/N-ethyl adjacent to an activating group) is 2.